The smallest absolute Gasteiger partial charge is 0.203 e. The Balaban J connectivity index is 1.87. The van der Waals surface area contributed by atoms with E-state index >= 15 is 0 Å². The van der Waals surface area contributed by atoms with E-state index in [1.165, 1.54) is 29.1 Å². The highest BCUT2D eigenvalue weighted by Gasteiger charge is 2.21. The molecule has 0 spiro atoms. The summed E-state index contributed by atoms with van der Waals surface area (Å²) in [4.78, 5) is 4.37. The minimum Gasteiger partial charge on any atom is -0.399 e. The third-order valence-electron chi connectivity index (χ3n) is 3.31. The largest absolute Gasteiger partial charge is 0.399 e. The molecule has 5 heteroatoms. The maximum absolute atomic E-state index is 5.84. The van der Waals surface area contributed by atoms with Crippen LogP contribution < -0.4 is 11.1 Å². The predicted molar refractivity (Wildman–Crippen MR) is 74.8 cm³/mol. The summed E-state index contributed by atoms with van der Waals surface area (Å²) in [6.45, 7) is 1.91. The first-order valence-corrected chi connectivity index (χ1v) is 6.95. The second-order valence-corrected chi connectivity index (χ2v) is 5.45. The minimum atomic E-state index is 0.335. The molecule has 0 fully saturated rings. The standard InChI is InChI=1S/C13H16N4S/c1-8-15-13(18-17-8)16-12-4-2-3-9-7-10(14)5-6-11(9)12/h5-7,12H,2-4,14H2,1H3,(H,15,16,17). The van der Waals surface area contributed by atoms with Gasteiger partial charge in [-0.25, -0.2) is 4.98 Å². The molecular formula is C13H16N4S. The SMILES string of the molecule is Cc1nsc(NC2CCCc3cc(N)ccc32)n1. The number of rotatable bonds is 2. The number of benzene rings is 1. The maximum atomic E-state index is 5.84. The Kier molecular flexibility index (Phi) is 2.91. The lowest BCUT2D eigenvalue weighted by atomic mass is 9.87. The van der Waals surface area contributed by atoms with Crippen LogP contribution in [-0.2, 0) is 6.42 Å². The molecule has 1 aromatic carbocycles. The van der Waals surface area contributed by atoms with Crippen molar-refractivity contribution >= 4 is 22.4 Å². The molecule has 0 amide bonds. The first-order valence-electron chi connectivity index (χ1n) is 6.17. The van der Waals surface area contributed by atoms with Gasteiger partial charge in [-0.15, -0.1) is 0 Å². The van der Waals surface area contributed by atoms with Crippen molar-refractivity contribution in [1.82, 2.24) is 9.36 Å². The quantitative estimate of drug-likeness (QED) is 0.815. The average Bonchev–Trinajstić information content (AvgIpc) is 2.75. The molecule has 0 bridgehead atoms. The van der Waals surface area contributed by atoms with E-state index in [9.17, 15) is 0 Å². The highest BCUT2D eigenvalue weighted by Crippen LogP contribution is 2.33. The van der Waals surface area contributed by atoms with E-state index in [-0.39, 0.29) is 0 Å². The van der Waals surface area contributed by atoms with Gasteiger partial charge in [0.2, 0.25) is 5.13 Å². The number of nitrogens with two attached hydrogens (primary N) is 1. The molecule has 0 aliphatic heterocycles. The zero-order valence-corrected chi connectivity index (χ0v) is 11.1. The summed E-state index contributed by atoms with van der Waals surface area (Å²) in [5.74, 6) is 0.829. The van der Waals surface area contributed by atoms with E-state index in [1.807, 2.05) is 13.0 Å². The Hall–Kier alpha value is -1.62. The van der Waals surface area contributed by atoms with Gasteiger partial charge < -0.3 is 11.1 Å². The van der Waals surface area contributed by atoms with E-state index in [1.54, 1.807) is 0 Å². The number of nitrogens with zero attached hydrogens (tertiary/aromatic N) is 2. The monoisotopic (exact) mass is 260 g/mol. The van der Waals surface area contributed by atoms with Crippen molar-refractivity contribution < 1.29 is 0 Å². The second-order valence-electron chi connectivity index (χ2n) is 4.69. The van der Waals surface area contributed by atoms with E-state index < -0.39 is 0 Å². The molecule has 1 aliphatic carbocycles. The molecule has 2 aromatic rings. The lowest BCUT2D eigenvalue weighted by Crippen LogP contribution is -2.17. The molecule has 94 valence electrons. The maximum Gasteiger partial charge on any atom is 0.203 e. The van der Waals surface area contributed by atoms with Crippen LogP contribution in [0.25, 0.3) is 0 Å². The van der Waals surface area contributed by atoms with E-state index in [0.717, 1.165) is 29.5 Å². The predicted octanol–water partition coefficient (Wildman–Crippen LogP) is 2.92. The van der Waals surface area contributed by atoms with Crippen LogP contribution in [0.2, 0.25) is 0 Å². The number of hydrogen-bond acceptors (Lipinski definition) is 5. The van der Waals surface area contributed by atoms with Gasteiger partial charge in [-0.2, -0.15) is 4.37 Å². The molecule has 0 saturated heterocycles. The van der Waals surface area contributed by atoms with Gasteiger partial charge in [-0.05, 0) is 49.4 Å². The van der Waals surface area contributed by atoms with E-state index in [4.69, 9.17) is 5.73 Å². The molecule has 3 rings (SSSR count). The summed E-state index contributed by atoms with van der Waals surface area (Å²) in [6.07, 6.45) is 3.44. The Bertz CT molecular complexity index is 564. The molecule has 3 N–H and O–H groups in total. The number of nitrogens with one attached hydrogen (secondary N) is 1. The Morgan fingerprint density at radius 2 is 2.33 bits per heavy atom. The van der Waals surface area contributed by atoms with Crippen LogP contribution in [0.5, 0.6) is 0 Å². The van der Waals surface area contributed by atoms with Gasteiger partial charge in [0.25, 0.3) is 0 Å². The van der Waals surface area contributed by atoms with Crippen molar-refractivity contribution in [1.29, 1.82) is 0 Å². The average molecular weight is 260 g/mol. The van der Waals surface area contributed by atoms with Gasteiger partial charge in [-0.1, -0.05) is 6.07 Å². The van der Waals surface area contributed by atoms with Crippen LogP contribution in [-0.4, -0.2) is 9.36 Å². The number of nitrogen functional groups attached to an aromatic ring is 1. The molecule has 4 nitrogen and oxygen atoms in total. The fraction of sp³-hybridized carbons (Fsp3) is 0.385. The molecule has 1 atom stereocenters. The van der Waals surface area contributed by atoms with Crippen LogP contribution in [0.3, 0.4) is 0 Å². The lowest BCUT2D eigenvalue weighted by molar-refractivity contribution is 0.600. The van der Waals surface area contributed by atoms with Crippen molar-refractivity contribution in [3.05, 3.63) is 35.2 Å². The normalized spacial score (nSPS) is 18.4. The van der Waals surface area contributed by atoms with Crippen molar-refractivity contribution in [3.63, 3.8) is 0 Å². The number of aromatic nitrogens is 2. The molecule has 18 heavy (non-hydrogen) atoms. The molecule has 1 aromatic heterocycles. The second kappa shape index (κ2) is 4.57. The molecule has 1 heterocycles. The van der Waals surface area contributed by atoms with Crippen LogP contribution >= 0.6 is 11.5 Å². The first-order chi connectivity index (χ1) is 8.72. The van der Waals surface area contributed by atoms with Crippen molar-refractivity contribution in [2.24, 2.45) is 0 Å². The van der Waals surface area contributed by atoms with Gasteiger partial charge in [0.1, 0.15) is 5.82 Å². The summed E-state index contributed by atoms with van der Waals surface area (Å²) in [6, 6.07) is 6.54. The molecule has 0 saturated carbocycles. The Morgan fingerprint density at radius 1 is 1.44 bits per heavy atom. The topological polar surface area (TPSA) is 63.8 Å². The van der Waals surface area contributed by atoms with Crippen LogP contribution in [0.1, 0.15) is 35.8 Å². The first kappa shape index (κ1) is 11.5. The Labute approximate surface area is 110 Å². The number of fused-ring (bicyclic) bond motifs is 1. The Morgan fingerprint density at radius 3 is 3.11 bits per heavy atom. The summed E-state index contributed by atoms with van der Waals surface area (Å²) < 4.78 is 4.20. The third kappa shape index (κ3) is 2.18. The zero-order chi connectivity index (χ0) is 12.5. The molecular weight excluding hydrogens is 244 g/mol. The summed E-state index contributed by atoms with van der Waals surface area (Å²) in [7, 11) is 0. The number of aryl methyl sites for hydroxylation is 2. The molecule has 0 radical (unpaired) electrons. The van der Waals surface area contributed by atoms with Gasteiger partial charge in [0, 0.05) is 17.2 Å². The highest BCUT2D eigenvalue weighted by molar-refractivity contribution is 7.09. The van der Waals surface area contributed by atoms with Crippen molar-refractivity contribution in [3.8, 4) is 0 Å². The van der Waals surface area contributed by atoms with Crippen LogP contribution in [0, 0.1) is 6.92 Å². The van der Waals surface area contributed by atoms with Gasteiger partial charge in [-0.3, -0.25) is 0 Å². The van der Waals surface area contributed by atoms with Crippen molar-refractivity contribution in [2.45, 2.75) is 32.2 Å². The molecule has 1 unspecified atom stereocenters. The van der Waals surface area contributed by atoms with Crippen molar-refractivity contribution in [2.75, 3.05) is 11.1 Å². The van der Waals surface area contributed by atoms with Gasteiger partial charge in [0.05, 0.1) is 6.04 Å². The summed E-state index contributed by atoms with van der Waals surface area (Å²) in [5, 5.41) is 4.39. The fourth-order valence-corrected chi connectivity index (χ4v) is 3.12. The van der Waals surface area contributed by atoms with Crippen LogP contribution in [0.15, 0.2) is 18.2 Å². The summed E-state index contributed by atoms with van der Waals surface area (Å²) >= 11 is 1.42. The third-order valence-corrected chi connectivity index (χ3v) is 4.04. The van der Waals surface area contributed by atoms with Gasteiger partial charge >= 0.3 is 0 Å². The number of anilines is 2. The minimum absolute atomic E-state index is 0.335. The fourth-order valence-electron chi connectivity index (χ4n) is 2.49. The van der Waals surface area contributed by atoms with E-state index in [0.29, 0.717) is 6.04 Å². The highest BCUT2D eigenvalue weighted by atomic mass is 32.1. The molecule has 1 aliphatic rings. The number of hydrogen-bond donors (Lipinski definition) is 2. The zero-order valence-electron chi connectivity index (χ0n) is 10.3. The van der Waals surface area contributed by atoms with E-state index in [2.05, 4.69) is 26.8 Å². The van der Waals surface area contributed by atoms with Crippen LogP contribution in [0.4, 0.5) is 10.8 Å². The summed E-state index contributed by atoms with van der Waals surface area (Å²) in [5.41, 5.74) is 9.40. The lowest BCUT2D eigenvalue weighted by Gasteiger charge is -2.26. The van der Waals surface area contributed by atoms with Gasteiger partial charge in [0.15, 0.2) is 0 Å².